The summed E-state index contributed by atoms with van der Waals surface area (Å²) in [7, 11) is 0. The van der Waals surface area contributed by atoms with E-state index in [1.54, 1.807) is 0 Å². The van der Waals surface area contributed by atoms with Crippen LogP contribution in [0.15, 0.2) is 28.7 Å². The number of rotatable bonds is 5. The van der Waals surface area contributed by atoms with Crippen molar-refractivity contribution in [1.82, 2.24) is 0 Å². The second-order valence-electron chi connectivity index (χ2n) is 4.83. The average molecular weight is 313 g/mol. The predicted molar refractivity (Wildman–Crippen MR) is 72.5 cm³/mol. The van der Waals surface area contributed by atoms with Crippen molar-refractivity contribution in [3.05, 3.63) is 34.3 Å². The monoisotopic (exact) mass is 312 g/mol. The highest BCUT2D eigenvalue weighted by Crippen LogP contribution is 2.25. The van der Waals surface area contributed by atoms with Crippen molar-refractivity contribution in [2.24, 2.45) is 11.8 Å². The molecule has 0 bridgehead atoms. The molecule has 1 aromatic carbocycles. The van der Waals surface area contributed by atoms with Crippen molar-refractivity contribution in [3.63, 3.8) is 0 Å². The van der Waals surface area contributed by atoms with Gasteiger partial charge in [-0.15, -0.1) is 0 Å². The maximum atomic E-state index is 11.3. The van der Waals surface area contributed by atoms with Crippen molar-refractivity contribution in [3.8, 4) is 0 Å². The van der Waals surface area contributed by atoms with Crippen LogP contribution in [0.4, 0.5) is 0 Å². The topological polar surface area (TPSA) is 46.5 Å². The number of halogens is 1. The second-order valence-corrected chi connectivity index (χ2v) is 5.75. The first-order valence-electron chi connectivity index (χ1n) is 6.20. The summed E-state index contributed by atoms with van der Waals surface area (Å²) < 4.78 is 6.30. The molecule has 1 saturated heterocycles. The van der Waals surface area contributed by atoms with E-state index in [9.17, 15) is 9.90 Å². The van der Waals surface area contributed by atoms with E-state index in [2.05, 4.69) is 15.9 Å². The molecule has 1 aromatic rings. The third-order valence-electron chi connectivity index (χ3n) is 3.36. The molecule has 2 atom stereocenters. The zero-order valence-corrected chi connectivity index (χ0v) is 11.7. The van der Waals surface area contributed by atoms with Crippen LogP contribution in [0, 0.1) is 11.8 Å². The average Bonchev–Trinajstić information content (AvgIpc) is 2.81. The van der Waals surface area contributed by atoms with E-state index in [0.717, 1.165) is 23.1 Å². The standard InChI is InChI=1S/C14H17BrO3/c15-13-3-1-2-10(8-13)6-12(14(16)17)7-11-4-5-18-9-11/h1-3,8,11-12H,4-7,9H2,(H,16,17). The molecule has 0 saturated carbocycles. The first-order valence-corrected chi connectivity index (χ1v) is 6.99. The smallest absolute Gasteiger partial charge is 0.306 e. The van der Waals surface area contributed by atoms with E-state index < -0.39 is 5.97 Å². The molecule has 1 N–H and O–H groups in total. The van der Waals surface area contributed by atoms with Gasteiger partial charge in [0, 0.05) is 17.7 Å². The molecule has 0 spiro atoms. The summed E-state index contributed by atoms with van der Waals surface area (Å²) in [5.41, 5.74) is 1.07. The molecule has 98 valence electrons. The van der Waals surface area contributed by atoms with Crippen LogP contribution in [0.2, 0.25) is 0 Å². The predicted octanol–water partition coefficient (Wildman–Crippen LogP) is 3.12. The highest BCUT2D eigenvalue weighted by Gasteiger charge is 2.25. The van der Waals surface area contributed by atoms with Gasteiger partial charge in [-0.05, 0) is 42.9 Å². The lowest BCUT2D eigenvalue weighted by Crippen LogP contribution is -2.20. The minimum atomic E-state index is -0.707. The van der Waals surface area contributed by atoms with Crippen LogP contribution in [0.25, 0.3) is 0 Å². The van der Waals surface area contributed by atoms with E-state index in [4.69, 9.17) is 4.74 Å². The normalized spacial score (nSPS) is 20.8. The minimum Gasteiger partial charge on any atom is -0.481 e. The lowest BCUT2D eigenvalue weighted by molar-refractivity contribution is -0.142. The molecule has 0 radical (unpaired) electrons. The lowest BCUT2D eigenvalue weighted by Gasteiger charge is -2.16. The number of carbonyl (C=O) groups is 1. The number of ether oxygens (including phenoxy) is 1. The van der Waals surface area contributed by atoms with Crippen LogP contribution in [-0.2, 0) is 16.0 Å². The Hall–Kier alpha value is -0.870. The summed E-state index contributed by atoms with van der Waals surface area (Å²) in [6, 6.07) is 7.86. The van der Waals surface area contributed by atoms with Crippen LogP contribution in [0.3, 0.4) is 0 Å². The van der Waals surface area contributed by atoms with Crippen LogP contribution < -0.4 is 0 Å². The van der Waals surface area contributed by atoms with Gasteiger partial charge in [-0.1, -0.05) is 28.1 Å². The van der Waals surface area contributed by atoms with Gasteiger partial charge in [-0.3, -0.25) is 4.79 Å². The summed E-state index contributed by atoms with van der Waals surface area (Å²) in [6.07, 6.45) is 2.29. The summed E-state index contributed by atoms with van der Waals surface area (Å²) in [5.74, 6) is -0.619. The number of carboxylic acid groups (broad SMARTS) is 1. The van der Waals surface area contributed by atoms with Gasteiger partial charge in [0.25, 0.3) is 0 Å². The largest absolute Gasteiger partial charge is 0.481 e. The third-order valence-corrected chi connectivity index (χ3v) is 3.86. The maximum Gasteiger partial charge on any atom is 0.306 e. The Balaban J connectivity index is 1.99. The van der Waals surface area contributed by atoms with Gasteiger partial charge in [0.15, 0.2) is 0 Å². The Labute approximate surface area is 115 Å². The van der Waals surface area contributed by atoms with Gasteiger partial charge >= 0.3 is 5.97 Å². The minimum absolute atomic E-state index is 0.314. The third kappa shape index (κ3) is 3.82. The lowest BCUT2D eigenvalue weighted by atomic mass is 9.89. The number of carboxylic acids is 1. The molecule has 1 fully saturated rings. The van der Waals surface area contributed by atoms with E-state index in [1.165, 1.54) is 0 Å². The fraction of sp³-hybridized carbons (Fsp3) is 0.500. The second kappa shape index (κ2) is 6.34. The summed E-state index contributed by atoms with van der Waals surface area (Å²) in [5, 5.41) is 9.31. The Morgan fingerprint density at radius 1 is 1.56 bits per heavy atom. The molecule has 0 amide bonds. The van der Waals surface area contributed by atoms with Crippen molar-refractivity contribution < 1.29 is 14.6 Å². The van der Waals surface area contributed by atoms with Gasteiger partial charge in [0.05, 0.1) is 5.92 Å². The van der Waals surface area contributed by atoms with Gasteiger partial charge in [-0.2, -0.15) is 0 Å². The fourth-order valence-corrected chi connectivity index (χ4v) is 2.84. The summed E-state index contributed by atoms with van der Waals surface area (Å²) >= 11 is 3.41. The first kappa shape index (κ1) is 13.6. The van der Waals surface area contributed by atoms with Gasteiger partial charge < -0.3 is 9.84 Å². The number of hydrogen-bond acceptors (Lipinski definition) is 2. The molecule has 4 heteroatoms. The highest BCUT2D eigenvalue weighted by molar-refractivity contribution is 9.10. The number of aliphatic carboxylic acids is 1. The zero-order valence-electron chi connectivity index (χ0n) is 10.1. The van der Waals surface area contributed by atoms with E-state index in [0.29, 0.717) is 25.4 Å². The van der Waals surface area contributed by atoms with E-state index >= 15 is 0 Å². The van der Waals surface area contributed by atoms with E-state index in [-0.39, 0.29) is 5.92 Å². The molecule has 2 rings (SSSR count). The molecule has 0 aromatic heterocycles. The summed E-state index contributed by atoms with van der Waals surface area (Å²) in [4.78, 5) is 11.3. The molecule has 3 nitrogen and oxygen atoms in total. The molecule has 2 unspecified atom stereocenters. The summed E-state index contributed by atoms with van der Waals surface area (Å²) in [6.45, 7) is 1.48. The van der Waals surface area contributed by atoms with Crippen LogP contribution in [0.5, 0.6) is 0 Å². The van der Waals surface area contributed by atoms with Crippen molar-refractivity contribution in [1.29, 1.82) is 0 Å². The molecule has 18 heavy (non-hydrogen) atoms. The maximum absolute atomic E-state index is 11.3. The van der Waals surface area contributed by atoms with Gasteiger partial charge in [0.2, 0.25) is 0 Å². The molecule has 1 aliphatic heterocycles. The quantitative estimate of drug-likeness (QED) is 0.908. The van der Waals surface area contributed by atoms with Gasteiger partial charge in [-0.25, -0.2) is 0 Å². The molecule has 1 heterocycles. The molecular formula is C14H17BrO3. The van der Waals surface area contributed by atoms with E-state index in [1.807, 2.05) is 24.3 Å². The Morgan fingerprint density at radius 2 is 2.39 bits per heavy atom. The van der Waals surface area contributed by atoms with Crippen molar-refractivity contribution in [2.75, 3.05) is 13.2 Å². The van der Waals surface area contributed by atoms with Gasteiger partial charge in [0.1, 0.15) is 0 Å². The van der Waals surface area contributed by atoms with Crippen LogP contribution in [-0.4, -0.2) is 24.3 Å². The molecule has 1 aliphatic rings. The Kier molecular flexibility index (Phi) is 4.78. The molecule has 0 aliphatic carbocycles. The first-order chi connectivity index (χ1) is 8.65. The SMILES string of the molecule is O=C(O)C(Cc1cccc(Br)c1)CC1CCOC1. The number of benzene rings is 1. The zero-order chi connectivity index (χ0) is 13.0. The van der Waals surface area contributed by atoms with Crippen molar-refractivity contribution in [2.45, 2.75) is 19.3 Å². The van der Waals surface area contributed by atoms with Crippen LogP contribution in [0.1, 0.15) is 18.4 Å². The van der Waals surface area contributed by atoms with Crippen LogP contribution >= 0.6 is 15.9 Å². The van der Waals surface area contributed by atoms with Crippen molar-refractivity contribution >= 4 is 21.9 Å². The highest BCUT2D eigenvalue weighted by atomic mass is 79.9. The Bertz CT molecular complexity index is 413. The fourth-order valence-electron chi connectivity index (χ4n) is 2.39. The number of hydrogen-bond donors (Lipinski definition) is 1. The molecular weight excluding hydrogens is 296 g/mol. The Morgan fingerprint density at radius 3 is 3.00 bits per heavy atom.